The van der Waals surface area contributed by atoms with Crippen LogP contribution in [0.25, 0.3) is 11.3 Å². The summed E-state index contributed by atoms with van der Waals surface area (Å²) in [5.41, 5.74) is 2.66. The highest BCUT2D eigenvalue weighted by Crippen LogP contribution is 2.28. The SMILES string of the molecule is Cc1ccc(-c2c(C)c(C(=O)N[C@H]3CC[C@H](C)CC3)cc(=O)n2C(C)C(=O)O)cc1. The van der Waals surface area contributed by atoms with Gasteiger partial charge in [0.15, 0.2) is 0 Å². The van der Waals surface area contributed by atoms with Crippen molar-refractivity contribution in [1.29, 1.82) is 0 Å². The lowest BCUT2D eigenvalue weighted by Gasteiger charge is -2.27. The van der Waals surface area contributed by atoms with Crippen LogP contribution >= 0.6 is 0 Å². The predicted molar refractivity (Wildman–Crippen MR) is 117 cm³/mol. The van der Waals surface area contributed by atoms with Crippen LogP contribution in [-0.4, -0.2) is 27.6 Å². The van der Waals surface area contributed by atoms with E-state index in [-0.39, 0.29) is 11.9 Å². The van der Waals surface area contributed by atoms with Crippen LogP contribution < -0.4 is 10.9 Å². The van der Waals surface area contributed by atoms with E-state index < -0.39 is 17.6 Å². The third-order valence-corrected chi connectivity index (χ3v) is 6.17. The van der Waals surface area contributed by atoms with Gasteiger partial charge < -0.3 is 10.4 Å². The Balaban J connectivity index is 2.07. The van der Waals surface area contributed by atoms with Crippen LogP contribution in [0.1, 0.15) is 67.1 Å². The number of carbonyl (C=O) groups is 2. The van der Waals surface area contributed by atoms with Crippen molar-refractivity contribution in [3.8, 4) is 11.3 Å². The van der Waals surface area contributed by atoms with E-state index in [4.69, 9.17) is 0 Å². The van der Waals surface area contributed by atoms with Crippen molar-refractivity contribution in [1.82, 2.24) is 9.88 Å². The molecule has 1 aliphatic carbocycles. The minimum absolute atomic E-state index is 0.108. The van der Waals surface area contributed by atoms with Crippen molar-refractivity contribution in [2.75, 3.05) is 0 Å². The lowest BCUT2D eigenvalue weighted by Crippen LogP contribution is -2.39. The number of carbonyl (C=O) groups excluding carboxylic acids is 1. The Bertz CT molecular complexity index is 999. The molecule has 1 unspecified atom stereocenters. The van der Waals surface area contributed by atoms with Crippen LogP contribution in [0.15, 0.2) is 35.1 Å². The van der Waals surface area contributed by atoms with Gasteiger partial charge >= 0.3 is 5.97 Å². The molecule has 160 valence electrons. The molecule has 1 saturated carbocycles. The van der Waals surface area contributed by atoms with E-state index in [1.165, 1.54) is 17.6 Å². The number of aromatic nitrogens is 1. The molecule has 1 aromatic heterocycles. The smallest absolute Gasteiger partial charge is 0.326 e. The monoisotopic (exact) mass is 410 g/mol. The molecule has 1 fully saturated rings. The minimum atomic E-state index is -1.10. The second-order valence-corrected chi connectivity index (χ2v) is 8.55. The number of aliphatic carboxylic acids is 1. The minimum Gasteiger partial charge on any atom is -0.480 e. The molecule has 1 aliphatic rings. The van der Waals surface area contributed by atoms with Gasteiger partial charge in [0, 0.05) is 17.7 Å². The zero-order valence-corrected chi connectivity index (χ0v) is 18.1. The van der Waals surface area contributed by atoms with Gasteiger partial charge in [-0.25, -0.2) is 4.79 Å². The van der Waals surface area contributed by atoms with Crippen LogP contribution in [0.2, 0.25) is 0 Å². The lowest BCUT2D eigenvalue weighted by molar-refractivity contribution is -0.140. The Morgan fingerprint density at radius 1 is 1.10 bits per heavy atom. The number of amides is 1. The number of nitrogens with one attached hydrogen (secondary N) is 1. The average Bonchev–Trinajstić information content (AvgIpc) is 2.71. The Kier molecular flexibility index (Phi) is 6.44. The highest BCUT2D eigenvalue weighted by Gasteiger charge is 2.26. The normalized spacial score (nSPS) is 19.9. The molecule has 1 aromatic carbocycles. The molecule has 1 heterocycles. The number of rotatable bonds is 5. The van der Waals surface area contributed by atoms with Crippen molar-refractivity contribution in [3.63, 3.8) is 0 Å². The molecule has 6 heteroatoms. The van der Waals surface area contributed by atoms with Gasteiger partial charge in [0.2, 0.25) is 0 Å². The Morgan fingerprint density at radius 3 is 2.27 bits per heavy atom. The number of hydrogen-bond donors (Lipinski definition) is 2. The number of aryl methyl sites for hydroxylation is 1. The summed E-state index contributed by atoms with van der Waals surface area (Å²) in [4.78, 5) is 37.7. The Labute approximate surface area is 176 Å². The fraction of sp³-hybridized carbons (Fsp3) is 0.458. The van der Waals surface area contributed by atoms with Crippen molar-refractivity contribution in [2.45, 2.75) is 65.5 Å². The van der Waals surface area contributed by atoms with Crippen molar-refractivity contribution >= 4 is 11.9 Å². The number of carboxylic acid groups (broad SMARTS) is 1. The van der Waals surface area contributed by atoms with E-state index in [0.29, 0.717) is 28.3 Å². The third-order valence-electron chi connectivity index (χ3n) is 6.17. The molecular formula is C24H30N2O4. The van der Waals surface area contributed by atoms with Gasteiger partial charge in [-0.15, -0.1) is 0 Å². The highest BCUT2D eigenvalue weighted by atomic mass is 16.4. The molecule has 0 radical (unpaired) electrons. The molecule has 1 atom stereocenters. The summed E-state index contributed by atoms with van der Waals surface area (Å²) in [5.74, 6) is -0.694. The van der Waals surface area contributed by atoms with Crippen LogP contribution in [-0.2, 0) is 4.79 Å². The quantitative estimate of drug-likeness (QED) is 0.777. The summed E-state index contributed by atoms with van der Waals surface area (Å²) in [6.07, 6.45) is 4.03. The number of carboxylic acids is 1. The summed E-state index contributed by atoms with van der Waals surface area (Å²) in [6, 6.07) is 7.85. The van der Waals surface area contributed by atoms with Crippen LogP contribution in [0.5, 0.6) is 0 Å². The van der Waals surface area contributed by atoms with Crippen LogP contribution in [0.4, 0.5) is 0 Å². The van der Waals surface area contributed by atoms with Gasteiger partial charge in [-0.3, -0.25) is 14.2 Å². The number of hydrogen-bond acceptors (Lipinski definition) is 3. The first-order valence-electron chi connectivity index (χ1n) is 10.6. The fourth-order valence-corrected chi connectivity index (χ4v) is 4.19. The summed E-state index contributed by atoms with van der Waals surface area (Å²) < 4.78 is 1.27. The third kappa shape index (κ3) is 4.48. The van der Waals surface area contributed by atoms with E-state index in [2.05, 4.69) is 12.2 Å². The molecular weight excluding hydrogens is 380 g/mol. The Hall–Kier alpha value is -2.89. The second-order valence-electron chi connectivity index (χ2n) is 8.55. The highest BCUT2D eigenvalue weighted by molar-refractivity contribution is 5.97. The molecule has 0 spiro atoms. The summed E-state index contributed by atoms with van der Waals surface area (Å²) in [6.45, 7) is 7.43. The molecule has 0 bridgehead atoms. The molecule has 0 aliphatic heterocycles. The van der Waals surface area contributed by atoms with Crippen LogP contribution in [0, 0.1) is 19.8 Å². The first kappa shape index (κ1) is 21.8. The number of benzene rings is 1. The molecule has 2 N–H and O–H groups in total. The predicted octanol–water partition coefficient (Wildman–Crippen LogP) is 4.09. The standard InChI is InChI=1S/C24H30N2O4/c1-14-5-9-18(10-6-14)22-16(3)20(13-21(27)26(22)17(4)24(29)30)23(28)25-19-11-7-15(2)8-12-19/h5-6,9-10,13,15,17,19H,7-8,11-12H2,1-4H3,(H,25,28)(H,29,30)/t15-,17?,19-. The zero-order valence-electron chi connectivity index (χ0n) is 18.1. The fourth-order valence-electron chi connectivity index (χ4n) is 4.19. The first-order chi connectivity index (χ1) is 14.2. The largest absolute Gasteiger partial charge is 0.480 e. The molecule has 1 amide bonds. The maximum Gasteiger partial charge on any atom is 0.326 e. The first-order valence-corrected chi connectivity index (χ1v) is 10.6. The van der Waals surface area contributed by atoms with Crippen molar-refractivity contribution in [2.24, 2.45) is 5.92 Å². The average molecular weight is 411 g/mol. The van der Waals surface area contributed by atoms with Crippen molar-refractivity contribution in [3.05, 3.63) is 57.4 Å². The van der Waals surface area contributed by atoms with E-state index >= 15 is 0 Å². The Morgan fingerprint density at radius 2 is 1.70 bits per heavy atom. The maximum absolute atomic E-state index is 13.0. The van der Waals surface area contributed by atoms with Gasteiger partial charge in [-0.05, 0) is 63.5 Å². The van der Waals surface area contributed by atoms with Crippen molar-refractivity contribution < 1.29 is 14.7 Å². The topological polar surface area (TPSA) is 88.4 Å². The molecule has 0 saturated heterocycles. The summed E-state index contributed by atoms with van der Waals surface area (Å²) in [5, 5.41) is 12.6. The van der Waals surface area contributed by atoms with Gasteiger partial charge in [-0.1, -0.05) is 36.8 Å². The lowest BCUT2D eigenvalue weighted by atomic mass is 9.87. The molecule has 2 aromatic rings. The number of pyridine rings is 1. The second kappa shape index (κ2) is 8.86. The van der Waals surface area contributed by atoms with E-state index in [1.54, 1.807) is 6.92 Å². The number of nitrogens with zero attached hydrogens (tertiary/aromatic N) is 1. The zero-order chi connectivity index (χ0) is 22.0. The summed E-state index contributed by atoms with van der Waals surface area (Å²) >= 11 is 0. The molecule has 3 rings (SSSR count). The maximum atomic E-state index is 13.0. The molecule has 6 nitrogen and oxygen atoms in total. The summed E-state index contributed by atoms with van der Waals surface area (Å²) in [7, 11) is 0. The molecule has 30 heavy (non-hydrogen) atoms. The van der Waals surface area contributed by atoms with Crippen LogP contribution in [0.3, 0.4) is 0 Å². The van der Waals surface area contributed by atoms with Gasteiger partial charge in [0.05, 0.1) is 5.69 Å². The van der Waals surface area contributed by atoms with E-state index in [9.17, 15) is 19.5 Å². The van der Waals surface area contributed by atoms with E-state index in [0.717, 1.165) is 31.2 Å². The van der Waals surface area contributed by atoms with E-state index in [1.807, 2.05) is 31.2 Å². The van der Waals surface area contributed by atoms with Gasteiger partial charge in [-0.2, -0.15) is 0 Å². The van der Waals surface area contributed by atoms with Gasteiger partial charge in [0.1, 0.15) is 6.04 Å². The van der Waals surface area contributed by atoms with Gasteiger partial charge in [0.25, 0.3) is 11.5 Å².